The predicted molar refractivity (Wildman–Crippen MR) is 93.6 cm³/mol. The van der Waals surface area contributed by atoms with Crippen LogP contribution in [0.3, 0.4) is 0 Å². The summed E-state index contributed by atoms with van der Waals surface area (Å²) in [6.45, 7) is 6.52. The Balaban J connectivity index is 1.87. The monoisotopic (exact) mass is 354 g/mol. The van der Waals surface area contributed by atoms with Crippen LogP contribution in [0, 0.1) is 5.92 Å². The van der Waals surface area contributed by atoms with Gasteiger partial charge >= 0.3 is 0 Å². The lowest BCUT2D eigenvalue weighted by Crippen LogP contribution is -2.36. The molecule has 2 aromatic rings. The van der Waals surface area contributed by atoms with Gasteiger partial charge < -0.3 is 9.73 Å². The van der Waals surface area contributed by atoms with E-state index < -0.39 is 16.0 Å². The van der Waals surface area contributed by atoms with Crippen LogP contribution in [0.15, 0.2) is 28.2 Å². The Labute approximate surface area is 143 Å². The summed E-state index contributed by atoms with van der Waals surface area (Å²) in [4.78, 5) is 16.4. The number of hydrogen-bond donors (Lipinski definition) is 1. The number of carbonyl (C=O) groups is 1. The molecular weight excluding hydrogens is 332 g/mol. The van der Waals surface area contributed by atoms with Crippen LogP contribution in [0.2, 0.25) is 0 Å². The summed E-state index contributed by atoms with van der Waals surface area (Å²) in [6.07, 6.45) is 2.52. The minimum absolute atomic E-state index is 0.162. The quantitative estimate of drug-likeness (QED) is 0.790. The van der Waals surface area contributed by atoms with Gasteiger partial charge in [0, 0.05) is 22.7 Å². The lowest BCUT2D eigenvalue weighted by molar-refractivity contribution is -0.120. The Morgan fingerprint density at radius 2 is 2.22 bits per heavy atom. The summed E-state index contributed by atoms with van der Waals surface area (Å²) < 4.78 is 17.6. The first-order chi connectivity index (χ1) is 11.0. The lowest BCUT2D eigenvalue weighted by Gasteiger charge is -2.12. The minimum atomic E-state index is -1.29. The van der Waals surface area contributed by atoms with E-state index in [0.29, 0.717) is 18.2 Å². The van der Waals surface area contributed by atoms with Crippen LogP contribution in [-0.4, -0.2) is 26.9 Å². The second-order valence-corrected chi connectivity index (χ2v) is 8.38. The van der Waals surface area contributed by atoms with E-state index in [1.165, 1.54) is 11.3 Å². The zero-order chi connectivity index (χ0) is 16.8. The number of carbonyl (C=O) groups excluding carboxylic acids is 1. The Morgan fingerprint density at radius 3 is 2.87 bits per heavy atom. The fourth-order valence-corrected chi connectivity index (χ4v) is 3.81. The van der Waals surface area contributed by atoms with Crippen molar-refractivity contribution in [2.75, 3.05) is 6.54 Å². The maximum Gasteiger partial charge on any atom is 0.235 e. The largest absolute Gasteiger partial charge is 0.462 e. The highest BCUT2D eigenvalue weighted by Gasteiger charge is 2.21. The molecule has 2 aromatic heterocycles. The third kappa shape index (κ3) is 5.28. The summed E-state index contributed by atoms with van der Waals surface area (Å²) in [5.74, 6) is 1.35. The molecule has 2 atom stereocenters. The van der Waals surface area contributed by atoms with Gasteiger partial charge in [0.1, 0.15) is 5.25 Å². The third-order valence-corrected chi connectivity index (χ3v) is 5.85. The summed E-state index contributed by atoms with van der Waals surface area (Å²) in [7, 11) is -1.29. The molecule has 7 heteroatoms. The van der Waals surface area contributed by atoms with Gasteiger partial charge in [0.05, 0.1) is 17.7 Å². The molecule has 126 valence electrons. The molecule has 0 fully saturated rings. The van der Waals surface area contributed by atoms with Crippen molar-refractivity contribution in [1.82, 2.24) is 10.3 Å². The summed E-state index contributed by atoms with van der Waals surface area (Å²) in [5.41, 5.74) is 0.724. The molecule has 0 aliphatic carbocycles. The van der Waals surface area contributed by atoms with Crippen LogP contribution >= 0.6 is 11.3 Å². The second kappa shape index (κ2) is 8.40. The molecule has 0 bridgehead atoms. The number of thiazole rings is 1. The Kier molecular flexibility index (Phi) is 6.53. The Hall–Kier alpha value is -1.47. The van der Waals surface area contributed by atoms with E-state index >= 15 is 0 Å². The number of furan rings is 1. The molecule has 0 saturated heterocycles. The SMILES string of the molecule is CC(C)CCNC(=O)C(C)S(=O)Cc1csc(-c2ccco2)n1. The first-order valence-electron chi connectivity index (χ1n) is 7.60. The van der Waals surface area contributed by atoms with Gasteiger partial charge in [-0.05, 0) is 31.4 Å². The van der Waals surface area contributed by atoms with Gasteiger partial charge in [0.15, 0.2) is 10.8 Å². The first kappa shape index (κ1) is 17.9. The molecule has 23 heavy (non-hydrogen) atoms. The highest BCUT2D eigenvalue weighted by molar-refractivity contribution is 7.85. The van der Waals surface area contributed by atoms with Crippen molar-refractivity contribution in [2.24, 2.45) is 5.92 Å². The molecule has 1 N–H and O–H groups in total. The van der Waals surface area contributed by atoms with Crippen molar-refractivity contribution in [3.8, 4) is 10.8 Å². The van der Waals surface area contributed by atoms with Gasteiger partial charge in [-0.3, -0.25) is 9.00 Å². The van der Waals surface area contributed by atoms with E-state index in [4.69, 9.17) is 4.42 Å². The van der Waals surface area contributed by atoms with E-state index in [1.54, 1.807) is 19.3 Å². The van der Waals surface area contributed by atoms with Gasteiger partial charge in [-0.15, -0.1) is 11.3 Å². The standard InChI is InChI=1S/C16H22N2O3S2/c1-11(2)6-7-17-15(19)12(3)23(20)10-13-9-22-16(18-13)14-5-4-8-21-14/h4-5,8-9,11-12H,6-7,10H2,1-3H3,(H,17,19). The van der Waals surface area contributed by atoms with E-state index in [1.807, 2.05) is 11.4 Å². The minimum Gasteiger partial charge on any atom is -0.462 e. The van der Waals surface area contributed by atoms with Crippen LogP contribution < -0.4 is 5.32 Å². The topological polar surface area (TPSA) is 72.2 Å². The van der Waals surface area contributed by atoms with Crippen molar-refractivity contribution in [3.63, 3.8) is 0 Å². The zero-order valence-corrected chi connectivity index (χ0v) is 15.2. The van der Waals surface area contributed by atoms with Crippen molar-refractivity contribution in [3.05, 3.63) is 29.5 Å². The number of nitrogens with zero attached hydrogens (tertiary/aromatic N) is 1. The van der Waals surface area contributed by atoms with Gasteiger partial charge in [-0.1, -0.05) is 13.8 Å². The predicted octanol–water partition coefficient (Wildman–Crippen LogP) is 3.20. The van der Waals surface area contributed by atoms with Gasteiger partial charge in [-0.25, -0.2) is 4.98 Å². The molecule has 2 rings (SSSR count). The first-order valence-corrected chi connectivity index (χ1v) is 9.86. The Morgan fingerprint density at radius 1 is 1.43 bits per heavy atom. The average molecular weight is 354 g/mol. The van der Waals surface area contributed by atoms with Crippen molar-refractivity contribution >= 4 is 28.0 Å². The van der Waals surface area contributed by atoms with Gasteiger partial charge in [0.2, 0.25) is 5.91 Å². The normalized spacial score (nSPS) is 13.9. The molecule has 5 nitrogen and oxygen atoms in total. The zero-order valence-electron chi connectivity index (χ0n) is 13.6. The molecule has 1 amide bonds. The number of aromatic nitrogens is 1. The lowest BCUT2D eigenvalue weighted by atomic mass is 10.1. The number of hydrogen-bond acceptors (Lipinski definition) is 5. The maximum absolute atomic E-state index is 12.3. The van der Waals surface area contributed by atoms with Crippen LogP contribution in [0.25, 0.3) is 10.8 Å². The van der Waals surface area contributed by atoms with Crippen molar-refractivity contribution in [1.29, 1.82) is 0 Å². The van der Waals surface area contributed by atoms with E-state index in [-0.39, 0.29) is 11.7 Å². The van der Waals surface area contributed by atoms with Crippen LogP contribution in [0.5, 0.6) is 0 Å². The Bertz CT molecular complexity index is 650. The van der Waals surface area contributed by atoms with Crippen LogP contribution in [-0.2, 0) is 21.3 Å². The molecule has 0 spiro atoms. The smallest absolute Gasteiger partial charge is 0.235 e. The molecular formula is C16H22N2O3S2. The highest BCUT2D eigenvalue weighted by atomic mass is 32.2. The fourth-order valence-electron chi connectivity index (χ4n) is 1.90. The third-order valence-electron chi connectivity index (χ3n) is 3.36. The van der Waals surface area contributed by atoms with E-state index in [0.717, 1.165) is 17.1 Å². The van der Waals surface area contributed by atoms with E-state index in [2.05, 4.69) is 24.1 Å². The van der Waals surface area contributed by atoms with Crippen molar-refractivity contribution in [2.45, 2.75) is 38.2 Å². The molecule has 0 aliphatic rings. The van der Waals surface area contributed by atoms with Crippen LogP contribution in [0.4, 0.5) is 0 Å². The second-order valence-electron chi connectivity index (χ2n) is 5.76. The molecule has 2 unspecified atom stereocenters. The molecule has 0 aliphatic heterocycles. The number of amides is 1. The molecule has 0 saturated carbocycles. The average Bonchev–Trinajstić information content (AvgIpc) is 3.16. The summed E-state index contributed by atoms with van der Waals surface area (Å²) in [5, 5.41) is 4.92. The number of nitrogens with one attached hydrogen (secondary N) is 1. The molecule has 0 radical (unpaired) electrons. The fraction of sp³-hybridized carbons (Fsp3) is 0.500. The molecule has 0 aromatic carbocycles. The summed E-state index contributed by atoms with van der Waals surface area (Å²) in [6, 6.07) is 3.64. The van der Waals surface area contributed by atoms with Gasteiger partial charge in [0.25, 0.3) is 0 Å². The maximum atomic E-state index is 12.3. The number of rotatable bonds is 8. The summed E-state index contributed by atoms with van der Waals surface area (Å²) >= 11 is 1.45. The molecule has 2 heterocycles. The van der Waals surface area contributed by atoms with Crippen molar-refractivity contribution < 1.29 is 13.4 Å². The van der Waals surface area contributed by atoms with Gasteiger partial charge in [-0.2, -0.15) is 0 Å². The van der Waals surface area contributed by atoms with Crippen LogP contribution in [0.1, 0.15) is 32.9 Å². The highest BCUT2D eigenvalue weighted by Crippen LogP contribution is 2.24. The van der Waals surface area contributed by atoms with E-state index in [9.17, 15) is 9.00 Å².